The Balaban J connectivity index is 2.04. The van der Waals surface area contributed by atoms with E-state index in [0.29, 0.717) is 12.5 Å². The van der Waals surface area contributed by atoms with Gasteiger partial charge in [0.2, 0.25) is 0 Å². The first-order valence-electron chi connectivity index (χ1n) is 6.82. The van der Waals surface area contributed by atoms with Crippen molar-refractivity contribution in [3.05, 3.63) is 0 Å². The van der Waals surface area contributed by atoms with Gasteiger partial charge in [0.05, 0.1) is 19.4 Å². The van der Waals surface area contributed by atoms with Crippen molar-refractivity contribution < 1.29 is 19.4 Å². The van der Waals surface area contributed by atoms with E-state index >= 15 is 0 Å². The molecule has 0 aliphatic carbocycles. The van der Waals surface area contributed by atoms with Crippen molar-refractivity contribution in [3.63, 3.8) is 0 Å². The molecule has 1 aliphatic heterocycles. The van der Waals surface area contributed by atoms with Gasteiger partial charge >= 0.3 is 11.9 Å². The van der Waals surface area contributed by atoms with E-state index in [1.807, 2.05) is 0 Å². The van der Waals surface area contributed by atoms with E-state index in [1.54, 1.807) is 0 Å². The molecule has 1 saturated heterocycles. The standard InChI is InChI=1S/C13H23NO4S/c15-12(16)1-2-13(17)18-9-5-11-3-6-14(7-4-11)8-10-19/h11,19H,1-10H2,(H,15,16). The Morgan fingerprint density at radius 1 is 1.26 bits per heavy atom. The number of carboxylic acids is 1. The molecule has 0 saturated carbocycles. The van der Waals surface area contributed by atoms with Crippen LogP contribution in [-0.4, -0.2) is 53.9 Å². The maximum Gasteiger partial charge on any atom is 0.306 e. The van der Waals surface area contributed by atoms with Gasteiger partial charge in [0.25, 0.3) is 0 Å². The Labute approximate surface area is 119 Å². The van der Waals surface area contributed by atoms with Crippen molar-refractivity contribution in [2.45, 2.75) is 32.1 Å². The van der Waals surface area contributed by atoms with Crippen molar-refractivity contribution in [3.8, 4) is 0 Å². The lowest BCUT2D eigenvalue weighted by Crippen LogP contribution is -2.35. The normalized spacial score (nSPS) is 17.3. The monoisotopic (exact) mass is 289 g/mol. The first kappa shape index (κ1) is 16.3. The number of ether oxygens (including phenoxy) is 1. The van der Waals surface area contributed by atoms with E-state index < -0.39 is 11.9 Å². The van der Waals surface area contributed by atoms with Gasteiger partial charge in [0, 0.05) is 12.3 Å². The summed E-state index contributed by atoms with van der Waals surface area (Å²) in [4.78, 5) is 23.9. The summed E-state index contributed by atoms with van der Waals surface area (Å²) in [5.41, 5.74) is 0. The number of esters is 1. The number of piperidine rings is 1. The fourth-order valence-corrected chi connectivity index (χ4v) is 2.54. The molecular formula is C13H23NO4S. The number of likely N-dealkylation sites (tertiary alicyclic amines) is 1. The molecular weight excluding hydrogens is 266 g/mol. The van der Waals surface area contributed by atoms with Gasteiger partial charge in [0.15, 0.2) is 0 Å². The quantitative estimate of drug-likeness (QED) is 0.522. The Hall–Kier alpha value is -0.750. The number of carbonyl (C=O) groups is 2. The summed E-state index contributed by atoms with van der Waals surface area (Å²) in [6.07, 6.45) is 2.98. The summed E-state index contributed by atoms with van der Waals surface area (Å²) in [5, 5.41) is 8.44. The smallest absolute Gasteiger partial charge is 0.306 e. The number of thiol groups is 1. The molecule has 0 aromatic rings. The topological polar surface area (TPSA) is 66.8 Å². The Morgan fingerprint density at radius 2 is 1.95 bits per heavy atom. The SMILES string of the molecule is O=C(O)CCC(=O)OCCC1CCN(CCS)CC1. The van der Waals surface area contributed by atoms with Crippen LogP contribution in [0.3, 0.4) is 0 Å². The lowest BCUT2D eigenvalue weighted by Gasteiger charge is -2.31. The van der Waals surface area contributed by atoms with E-state index in [4.69, 9.17) is 9.84 Å². The van der Waals surface area contributed by atoms with Crippen LogP contribution in [0.15, 0.2) is 0 Å². The molecule has 0 aromatic carbocycles. The molecule has 5 nitrogen and oxygen atoms in total. The maximum absolute atomic E-state index is 11.2. The molecule has 1 fully saturated rings. The minimum absolute atomic E-state index is 0.0320. The van der Waals surface area contributed by atoms with Crippen LogP contribution in [0, 0.1) is 5.92 Å². The minimum Gasteiger partial charge on any atom is -0.481 e. The highest BCUT2D eigenvalue weighted by atomic mass is 32.1. The molecule has 1 rings (SSSR count). The van der Waals surface area contributed by atoms with E-state index in [-0.39, 0.29) is 12.8 Å². The van der Waals surface area contributed by atoms with Gasteiger partial charge in [-0.2, -0.15) is 12.6 Å². The highest BCUT2D eigenvalue weighted by molar-refractivity contribution is 7.80. The maximum atomic E-state index is 11.2. The van der Waals surface area contributed by atoms with E-state index in [2.05, 4.69) is 17.5 Å². The Morgan fingerprint density at radius 3 is 2.53 bits per heavy atom. The van der Waals surface area contributed by atoms with Gasteiger partial charge in [-0.25, -0.2) is 0 Å². The molecule has 0 aromatic heterocycles. The Kier molecular flexibility index (Phi) is 7.90. The summed E-state index contributed by atoms with van der Waals surface area (Å²) in [5.74, 6) is 0.137. The van der Waals surface area contributed by atoms with Crippen LogP contribution in [0.2, 0.25) is 0 Å². The molecule has 0 unspecified atom stereocenters. The van der Waals surface area contributed by atoms with Gasteiger partial charge in [-0.05, 0) is 38.3 Å². The Bertz CT molecular complexity index is 290. The summed E-state index contributed by atoms with van der Waals surface area (Å²) >= 11 is 4.23. The lowest BCUT2D eigenvalue weighted by molar-refractivity contribution is -0.148. The third-order valence-corrected chi connectivity index (χ3v) is 3.66. The van der Waals surface area contributed by atoms with E-state index in [1.165, 1.54) is 0 Å². The number of nitrogens with zero attached hydrogens (tertiary/aromatic N) is 1. The number of aliphatic carboxylic acids is 1. The number of carboxylic acid groups (broad SMARTS) is 1. The summed E-state index contributed by atoms with van der Waals surface area (Å²) in [6.45, 7) is 3.64. The van der Waals surface area contributed by atoms with Crippen LogP contribution in [0.4, 0.5) is 0 Å². The van der Waals surface area contributed by atoms with Crippen molar-refractivity contribution in [2.75, 3.05) is 32.0 Å². The molecule has 6 heteroatoms. The number of hydrogen-bond acceptors (Lipinski definition) is 5. The number of rotatable bonds is 8. The zero-order valence-corrected chi connectivity index (χ0v) is 12.1. The number of hydrogen-bond donors (Lipinski definition) is 2. The average Bonchev–Trinajstić information content (AvgIpc) is 2.39. The third-order valence-electron chi connectivity index (χ3n) is 3.46. The zero-order chi connectivity index (χ0) is 14.1. The van der Waals surface area contributed by atoms with Gasteiger partial charge in [0.1, 0.15) is 0 Å². The largest absolute Gasteiger partial charge is 0.481 e. The summed E-state index contributed by atoms with van der Waals surface area (Å²) < 4.78 is 5.04. The summed E-state index contributed by atoms with van der Waals surface area (Å²) in [7, 11) is 0. The highest BCUT2D eigenvalue weighted by Gasteiger charge is 2.18. The predicted molar refractivity (Wildman–Crippen MR) is 75.5 cm³/mol. The van der Waals surface area contributed by atoms with Crippen LogP contribution in [0.5, 0.6) is 0 Å². The van der Waals surface area contributed by atoms with Gasteiger partial charge in [-0.3, -0.25) is 9.59 Å². The zero-order valence-electron chi connectivity index (χ0n) is 11.2. The predicted octanol–water partition coefficient (Wildman–Crippen LogP) is 1.43. The second-order valence-corrected chi connectivity index (χ2v) is 5.36. The first-order valence-corrected chi connectivity index (χ1v) is 7.45. The molecule has 0 atom stereocenters. The molecule has 0 amide bonds. The van der Waals surface area contributed by atoms with Crippen LogP contribution >= 0.6 is 12.6 Å². The molecule has 1 heterocycles. The fraction of sp³-hybridized carbons (Fsp3) is 0.846. The van der Waals surface area contributed by atoms with Crippen molar-refractivity contribution in [1.29, 1.82) is 0 Å². The van der Waals surface area contributed by atoms with Gasteiger partial charge in [-0.15, -0.1) is 0 Å². The molecule has 0 radical (unpaired) electrons. The summed E-state index contributed by atoms with van der Waals surface area (Å²) in [6, 6.07) is 0. The van der Waals surface area contributed by atoms with Crippen LogP contribution < -0.4 is 0 Å². The fourth-order valence-electron chi connectivity index (χ4n) is 2.26. The average molecular weight is 289 g/mol. The number of carbonyl (C=O) groups excluding carboxylic acids is 1. The first-order chi connectivity index (χ1) is 9.11. The minimum atomic E-state index is -0.964. The van der Waals surface area contributed by atoms with Crippen LogP contribution in [0.1, 0.15) is 32.1 Å². The highest BCUT2D eigenvalue weighted by Crippen LogP contribution is 2.20. The molecule has 0 spiro atoms. The molecule has 1 N–H and O–H groups in total. The molecule has 110 valence electrons. The van der Waals surface area contributed by atoms with Crippen LogP contribution in [0.25, 0.3) is 0 Å². The third kappa shape index (κ3) is 7.42. The van der Waals surface area contributed by atoms with E-state index in [9.17, 15) is 9.59 Å². The van der Waals surface area contributed by atoms with E-state index in [0.717, 1.165) is 44.6 Å². The molecule has 19 heavy (non-hydrogen) atoms. The van der Waals surface area contributed by atoms with Crippen LogP contribution in [-0.2, 0) is 14.3 Å². The second-order valence-electron chi connectivity index (χ2n) is 4.91. The molecule has 1 aliphatic rings. The van der Waals surface area contributed by atoms with Gasteiger partial charge in [-0.1, -0.05) is 0 Å². The molecule has 0 bridgehead atoms. The van der Waals surface area contributed by atoms with Crippen molar-refractivity contribution in [1.82, 2.24) is 4.90 Å². The lowest BCUT2D eigenvalue weighted by atomic mass is 9.94. The second kappa shape index (κ2) is 9.20. The van der Waals surface area contributed by atoms with Crippen molar-refractivity contribution in [2.24, 2.45) is 5.92 Å². The van der Waals surface area contributed by atoms with Gasteiger partial charge < -0.3 is 14.7 Å². The van der Waals surface area contributed by atoms with Crippen molar-refractivity contribution >= 4 is 24.6 Å².